The molecule has 4 nitrogen and oxygen atoms in total. The average Bonchev–Trinajstić information content (AvgIpc) is 3.21. The summed E-state index contributed by atoms with van der Waals surface area (Å²) in [5.41, 5.74) is 1.34. The van der Waals surface area contributed by atoms with E-state index in [1.807, 2.05) is 42.5 Å². The molecule has 2 heterocycles. The molecule has 0 saturated carbocycles. The number of hydrogen-bond donors (Lipinski definition) is 1. The summed E-state index contributed by atoms with van der Waals surface area (Å²) in [7, 11) is 0. The first-order chi connectivity index (χ1) is 10.8. The Hall–Kier alpha value is -2.75. The van der Waals surface area contributed by atoms with Gasteiger partial charge in [-0.05, 0) is 17.9 Å². The number of aromatic nitrogens is 2. The third-order valence-corrected chi connectivity index (χ3v) is 4.85. The van der Waals surface area contributed by atoms with E-state index in [2.05, 4.69) is 12.2 Å². The smallest absolute Gasteiger partial charge is 0.336 e. The van der Waals surface area contributed by atoms with E-state index in [0.717, 1.165) is 28.6 Å². The molecule has 1 aromatic heterocycles. The maximum Gasteiger partial charge on any atom is 0.336 e. The van der Waals surface area contributed by atoms with Crippen molar-refractivity contribution in [3.05, 3.63) is 70.8 Å². The third-order valence-electron chi connectivity index (χ3n) is 4.85. The van der Waals surface area contributed by atoms with Crippen LogP contribution >= 0.6 is 0 Å². The van der Waals surface area contributed by atoms with Crippen molar-refractivity contribution in [3.8, 4) is 11.6 Å². The Morgan fingerprint density at radius 3 is 2.73 bits per heavy atom. The van der Waals surface area contributed by atoms with Crippen molar-refractivity contribution in [2.45, 2.75) is 18.4 Å². The zero-order valence-electron chi connectivity index (χ0n) is 11.8. The van der Waals surface area contributed by atoms with Crippen molar-refractivity contribution in [2.75, 3.05) is 0 Å². The molecule has 22 heavy (non-hydrogen) atoms. The first-order valence-electron chi connectivity index (χ1n) is 7.48. The monoisotopic (exact) mass is 290 g/mol. The highest BCUT2D eigenvalue weighted by Crippen LogP contribution is 2.46. The van der Waals surface area contributed by atoms with Crippen LogP contribution in [0.5, 0.6) is 5.88 Å². The van der Waals surface area contributed by atoms with Crippen LogP contribution in [0.3, 0.4) is 0 Å². The van der Waals surface area contributed by atoms with Gasteiger partial charge in [0.05, 0.1) is 17.4 Å². The highest BCUT2D eigenvalue weighted by atomic mass is 16.3. The Morgan fingerprint density at radius 2 is 1.86 bits per heavy atom. The number of fused-ring (bicyclic) bond motifs is 6. The van der Waals surface area contributed by atoms with E-state index in [1.54, 1.807) is 4.57 Å². The van der Waals surface area contributed by atoms with E-state index in [1.165, 1.54) is 4.57 Å². The fourth-order valence-corrected chi connectivity index (χ4v) is 3.88. The molecule has 3 aromatic rings. The second-order valence-corrected chi connectivity index (χ2v) is 5.99. The molecule has 0 radical (unpaired) electrons. The second kappa shape index (κ2) is 3.91. The zero-order valence-corrected chi connectivity index (χ0v) is 11.8. The molecule has 0 spiro atoms. The number of nitrogens with zero attached hydrogens (tertiary/aromatic N) is 2. The number of allylic oxidation sites excluding steroid dienone is 2. The Bertz CT molecular complexity index is 1000. The number of benzene rings is 2. The topological polar surface area (TPSA) is 47.2 Å². The molecule has 2 atom stereocenters. The molecule has 1 N–H and O–H groups in total. The first-order valence-corrected chi connectivity index (χ1v) is 7.48. The van der Waals surface area contributed by atoms with Gasteiger partial charge in [-0.25, -0.2) is 9.36 Å². The average molecular weight is 290 g/mol. The maximum absolute atomic E-state index is 12.8. The van der Waals surface area contributed by atoms with Gasteiger partial charge in [0.15, 0.2) is 0 Å². The molecular weight excluding hydrogens is 276 g/mol. The summed E-state index contributed by atoms with van der Waals surface area (Å²) in [6, 6.07) is 13.8. The van der Waals surface area contributed by atoms with Gasteiger partial charge in [-0.2, -0.15) is 0 Å². The minimum Gasteiger partial charge on any atom is -0.493 e. The van der Waals surface area contributed by atoms with Crippen molar-refractivity contribution < 1.29 is 5.11 Å². The number of rotatable bonds is 1. The van der Waals surface area contributed by atoms with Gasteiger partial charge in [0.1, 0.15) is 0 Å². The second-order valence-electron chi connectivity index (χ2n) is 5.99. The molecule has 5 rings (SSSR count). The predicted octanol–water partition coefficient (Wildman–Crippen LogP) is 3.10. The minimum absolute atomic E-state index is 0.0817. The van der Waals surface area contributed by atoms with E-state index >= 15 is 0 Å². The fourth-order valence-electron chi connectivity index (χ4n) is 3.88. The van der Waals surface area contributed by atoms with Gasteiger partial charge in [0.2, 0.25) is 5.88 Å². The molecule has 0 amide bonds. The quantitative estimate of drug-likeness (QED) is 0.700. The van der Waals surface area contributed by atoms with Gasteiger partial charge in [-0.15, -0.1) is 0 Å². The van der Waals surface area contributed by atoms with Crippen LogP contribution in [0.2, 0.25) is 0 Å². The molecule has 1 aliphatic carbocycles. The van der Waals surface area contributed by atoms with Crippen LogP contribution in [0, 0.1) is 0 Å². The van der Waals surface area contributed by atoms with Crippen molar-refractivity contribution in [2.24, 2.45) is 0 Å². The fraction of sp³-hybridized carbons (Fsp3) is 0.167. The lowest BCUT2D eigenvalue weighted by atomic mass is 10.1. The number of hydrogen-bond acceptors (Lipinski definition) is 2. The van der Waals surface area contributed by atoms with Crippen molar-refractivity contribution >= 4 is 10.8 Å². The van der Waals surface area contributed by atoms with Gasteiger partial charge in [0.25, 0.3) is 0 Å². The first kappa shape index (κ1) is 11.9. The number of imidazole rings is 1. The Kier molecular flexibility index (Phi) is 2.11. The van der Waals surface area contributed by atoms with Crippen LogP contribution in [0.4, 0.5) is 0 Å². The minimum atomic E-state index is -0.152. The highest BCUT2D eigenvalue weighted by Gasteiger charge is 2.39. The van der Waals surface area contributed by atoms with E-state index in [9.17, 15) is 9.90 Å². The summed E-state index contributed by atoms with van der Waals surface area (Å²) in [5.74, 6) is 0.243. The van der Waals surface area contributed by atoms with Crippen molar-refractivity contribution in [1.29, 1.82) is 0 Å². The standard InChI is InChI=1S/C18H14N2O2/c21-17-16-12-8-9-13(10-12)19(16)18(22)20(17)15-7-3-5-11-4-1-2-6-14(11)15/h1-9,12-13,21H,10H2/t12-,13+/m1/s1. The SMILES string of the molecule is O=c1n(-c2cccc3ccccc23)c(O)c2n1[C@H]1C=C[C@@H]2C1. The molecular formula is C18H14N2O2. The molecule has 0 fully saturated rings. The summed E-state index contributed by atoms with van der Waals surface area (Å²) in [6.45, 7) is 0. The highest BCUT2D eigenvalue weighted by molar-refractivity contribution is 5.90. The van der Waals surface area contributed by atoms with E-state index < -0.39 is 0 Å². The third kappa shape index (κ3) is 1.30. The largest absolute Gasteiger partial charge is 0.493 e. The Morgan fingerprint density at radius 1 is 1.05 bits per heavy atom. The lowest BCUT2D eigenvalue weighted by Crippen LogP contribution is -2.24. The molecule has 2 aromatic carbocycles. The van der Waals surface area contributed by atoms with Crippen LogP contribution in [0.1, 0.15) is 24.1 Å². The molecule has 2 bridgehead atoms. The van der Waals surface area contributed by atoms with Crippen LogP contribution in [0.15, 0.2) is 59.4 Å². The normalized spacial score (nSPS) is 21.6. The summed E-state index contributed by atoms with van der Waals surface area (Å²) in [4.78, 5) is 12.8. The van der Waals surface area contributed by atoms with Gasteiger partial charge in [-0.3, -0.25) is 4.57 Å². The van der Waals surface area contributed by atoms with E-state index in [0.29, 0.717) is 0 Å². The van der Waals surface area contributed by atoms with Crippen LogP contribution in [0.25, 0.3) is 16.5 Å². The summed E-state index contributed by atoms with van der Waals surface area (Å²) < 4.78 is 3.19. The molecule has 2 aliphatic rings. The van der Waals surface area contributed by atoms with Crippen molar-refractivity contribution in [3.63, 3.8) is 0 Å². The van der Waals surface area contributed by atoms with Crippen molar-refractivity contribution in [1.82, 2.24) is 9.13 Å². The molecule has 0 unspecified atom stereocenters. The molecule has 4 heteroatoms. The lowest BCUT2D eigenvalue weighted by molar-refractivity contribution is 0.433. The molecule has 1 aliphatic heterocycles. The predicted molar refractivity (Wildman–Crippen MR) is 84.7 cm³/mol. The van der Waals surface area contributed by atoms with Gasteiger partial charge in [0, 0.05) is 11.3 Å². The van der Waals surface area contributed by atoms with Gasteiger partial charge >= 0.3 is 5.69 Å². The Balaban J connectivity index is 1.86. The van der Waals surface area contributed by atoms with E-state index in [-0.39, 0.29) is 23.5 Å². The Labute approximate surface area is 126 Å². The zero-order chi connectivity index (χ0) is 14.8. The number of aromatic hydroxyl groups is 1. The lowest BCUT2D eigenvalue weighted by Gasteiger charge is -2.09. The van der Waals surface area contributed by atoms with Crippen LogP contribution in [-0.2, 0) is 0 Å². The van der Waals surface area contributed by atoms with E-state index in [4.69, 9.17) is 0 Å². The maximum atomic E-state index is 12.8. The summed E-state index contributed by atoms with van der Waals surface area (Å²) >= 11 is 0. The van der Waals surface area contributed by atoms with Crippen LogP contribution in [-0.4, -0.2) is 14.2 Å². The summed E-state index contributed by atoms with van der Waals surface area (Å²) in [6.07, 6.45) is 5.05. The van der Waals surface area contributed by atoms with Gasteiger partial charge in [-0.1, -0.05) is 48.6 Å². The van der Waals surface area contributed by atoms with Gasteiger partial charge < -0.3 is 5.11 Å². The van der Waals surface area contributed by atoms with Crippen LogP contribution < -0.4 is 5.69 Å². The summed E-state index contributed by atoms with van der Waals surface area (Å²) in [5, 5.41) is 12.7. The molecule has 0 saturated heterocycles. The molecule has 108 valence electrons.